The zero-order valence-corrected chi connectivity index (χ0v) is 13.7. The Morgan fingerprint density at radius 2 is 2.18 bits per heavy atom. The van der Waals surface area contributed by atoms with E-state index in [-0.39, 0.29) is 5.91 Å². The number of amides is 1. The second-order valence-electron chi connectivity index (χ2n) is 4.80. The van der Waals surface area contributed by atoms with Gasteiger partial charge >= 0.3 is 0 Å². The molecule has 1 aromatic carbocycles. The highest BCUT2D eigenvalue weighted by Crippen LogP contribution is 2.19. The number of carbonyl (C=O) groups is 1. The van der Waals surface area contributed by atoms with Gasteiger partial charge in [-0.15, -0.1) is 16.8 Å². The first kappa shape index (κ1) is 16.3. The molecule has 1 heterocycles. The number of rotatable bonds is 7. The molecule has 0 bridgehead atoms. The summed E-state index contributed by atoms with van der Waals surface area (Å²) < 4.78 is 1.98. The first-order valence-electron chi connectivity index (χ1n) is 7.17. The van der Waals surface area contributed by atoms with Gasteiger partial charge in [-0.3, -0.25) is 4.79 Å². The molecule has 0 aliphatic rings. The van der Waals surface area contributed by atoms with Crippen LogP contribution in [0.25, 0.3) is 0 Å². The third kappa shape index (κ3) is 3.98. The summed E-state index contributed by atoms with van der Waals surface area (Å²) in [7, 11) is 0. The van der Waals surface area contributed by atoms with E-state index >= 15 is 0 Å². The molecule has 6 heteroatoms. The minimum atomic E-state index is -0.0505. The van der Waals surface area contributed by atoms with Gasteiger partial charge in [-0.25, -0.2) is 0 Å². The predicted molar refractivity (Wildman–Crippen MR) is 90.1 cm³/mol. The normalized spacial score (nSPS) is 10.5. The van der Waals surface area contributed by atoms with Crippen molar-refractivity contribution in [3.8, 4) is 0 Å². The molecule has 0 fully saturated rings. The van der Waals surface area contributed by atoms with Crippen molar-refractivity contribution < 1.29 is 4.79 Å². The molecule has 1 N–H and O–H groups in total. The van der Waals surface area contributed by atoms with Crippen LogP contribution in [0.4, 0.5) is 5.69 Å². The Morgan fingerprint density at radius 1 is 1.41 bits per heavy atom. The summed E-state index contributed by atoms with van der Waals surface area (Å²) >= 11 is 1.39. The van der Waals surface area contributed by atoms with Crippen molar-refractivity contribution in [2.24, 2.45) is 0 Å². The summed E-state index contributed by atoms with van der Waals surface area (Å²) in [4.78, 5) is 12.1. The minimum Gasteiger partial charge on any atom is -0.325 e. The third-order valence-corrected chi connectivity index (χ3v) is 4.14. The quantitative estimate of drug-likeness (QED) is 0.630. The van der Waals surface area contributed by atoms with E-state index in [4.69, 9.17) is 0 Å². The van der Waals surface area contributed by atoms with Gasteiger partial charge in [0.15, 0.2) is 5.16 Å². The van der Waals surface area contributed by atoms with Crippen molar-refractivity contribution in [3.05, 3.63) is 48.3 Å². The Hall–Kier alpha value is -2.08. The fraction of sp³-hybridized carbons (Fsp3) is 0.312. The predicted octanol–water partition coefficient (Wildman–Crippen LogP) is 3.07. The zero-order valence-electron chi connectivity index (χ0n) is 12.9. The molecule has 2 rings (SSSR count). The Labute approximate surface area is 134 Å². The fourth-order valence-electron chi connectivity index (χ4n) is 2.03. The first-order chi connectivity index (χ1) is 10.7. The maximum atomic E-state index is 12.1. The van der Waals surface area contributed by atoms with Crippen molar-refractivity contribution in [2.75, 3.05) is 11.1 Å². The van der Waals surface area contributed by atoms with Crippen LogP contribution < -0.4 is 5.32 Å². The van der Waals surface area contributed by atoms with Gasteiger partial charge in [0.25, 0.3) is 0 Å². The van der Waals surface area contributed by atoms with Crippen LogP contribution in [0.1, 0.15) is 18.3 Å². The average molecular weight is 316 g/mol. The molecule has 116 valence electrons. The summed E-state index contributed by atoms with van der Waals surface area (Å²) in [6.07, 6.45) is 2.61. The van der Waals surface area contributed by atoms with Gasteiger partial charge in [-0.05, 0) is 18.6 Å². The number of para-hydroxylation sites is 1. The van der Waals surface area contributed by atoms with Crippen molar-refractivity contribution in [1.29, 1.82) is 0 Å². The molecule has 0 radical (unpaired) electrons. The molecule has 0 spiro atoms. The first-order valence-corrected chi connectivity index (χ1v) is 8.15. The second-order valence-corrected chi connectivity index (χ2v) is 5.75. The van der Waals surface area contributed by atoms with Gasteiger partial charge in [-0.2, -0.15) is 0 Å². The number of benzene rings is 1. The topological polar surface area (TPSA) is 59.8 Å². The Balaban J connectivity index is 1.98. The number of anilines is 1. The highest BCUT2D eigenvalue weighted by molar-refractivity contribution is 7.99. The molecule has 0 saturated carbocycles. The van der Waals surface area contributed by atoms with Crippen LogP contribution in [0.5, 0.6) is 0 Å². The summed E-state index contributed by atoms with van der Waals surface area (Å²) in [5.74, 6) is 1.15. The Kier molecular flexibility index (Phi) is 5.77. The summed E-state index contributed by atoms with van der Waals surface area (Å²) in [5, 5.41) is 12.0. The Bertz CT molecular complexity index is 666. The molecule has 0 aliphatic carbocycles. The fourth-order valence-corrected chi connectivity index (χ4v) is 2.80. The molecule has 1 amide bonds. The van der Waals surface area contributed by atoms with Gasteiger partial charge in [0.2, 0.25) is 5.91 Å². The van der Waals surface area contributed by atoms with E-state index in [1.54, 1.807) is 6.08 Å². The number of hydrogen-bond acceptors (Lipinski definition) is 4. The molecular weight excluding hydrogens is 296 g/mol. The van der Waals surface area contributed by atoms with Crippen LogP contribution in [-0.2, 0) is 17.8 Å². The molecular formula is C16H20N4OS. The molecule has 1 aromatic heterocycles. The van der Waals surface area contributed by atoms with E-state index < -0.39 is 0 Å². The zero-order chi connectivity index (χ0) is 15.9. The highest BCUT2D eigenvalue weighted by atomic mass is 32.2. The maximum absolute atomic E-state index is 12.1. The SMILES string of the molecule is C=CCn1c(CC)nnc1SCC(=O)Nc1ccccc1C. The number of hydrogen-bond donors (Lipinski definition) is 1. The van der Waals surface area contributed by atoms with E-state index in [1.165, 1.54) is 11.8 Å². The van der Waals surface area contributed by atoms with Crippen LogP contribution in [0, 0.1) is 6.92 Å². The standard InChI is InChI=1S/C16H20N4OS/c1-4-10-20-14(5-2)18-19-16(20)22-11-15(21)17-13-9-7-6-8-12(13)3/h4,6-9H,1,5,10-11H2,2-3H3,(H,17,21). The van der Waals surface area contributed by atoms with Gasteiger partial charge in [0.1, 0.15) is 5.82 Å². The molecule has 5 nitrogen and oxygen atoms in total. The van der Waals surface area contributed by atoms with E-state index in [1.807, 2.05) is 42.7 Å². The Morgan fingerprint density at radius 3 is 2.86 bits per heavy atom. The van der Waals surface area contributed by atoms with Gasteiger partial charge in [0.05, 0.1) is 5.75 Å². The number of nitrogens with one attached hydrogen (secondary N) is 1. The summed E-state index contributed by atoms with van der Waals surface area (Å²) in [6.45, 7) is 8.40. The van der Waals surface area contributed by atoms with E-state index in [0.717, 1.165) is 28.7 Å². The average Bonchev–Trinajstić information content (AvgIpc) is 2.90. The van der Waals surface area contributed by atoms with Crippen molar-refractivity contribution in [1.82, 2.24) is 14.8 Å². The molecule has 0 atom stereocenters. The highest BCUT2D eigenvalue weighted by Gasteiger charge is 2.12. The molecule has 0 unspecified atom stereocenters. The molecule has 0 saturated heterocycles. The number of thioether (sulfide) groups is 1. The lowest BCUT2D eigenvalue weighted by Crippen LogP contribution is -2.15. The monoisotopic (exact) mass is 316 g/mol. The van der Waals surface area contributed by atoms with Crippen LogP contribution in [0.2, 0.25) is 0 Å². The second kappa shape index (κ2) is 7.79. The van der Waals surface area contributed by atoms with Crippen LogP contribution in [0.15, 0.2) is 42.1 Å². The summed E-state index contributed by atoms with van der Waals surface area (Å²) in [5.41, 5.74) is 1.89. The minimum absolute atomic E-state index is 0.0505. The smallest absolute Gasteiger partial charge is 0.234 e. The summed E-state index contributed by atoms with van der Waals surface area (Å²) in [6, 6.07) is 7.72. The third-order valence-electron chi connectivity index (χ3n) is 3.17. The van der Waals surface area contributed by atoms with Crippen LogP contribution in [0.3, 0.4) is 0 Å². The van der Waals surface area contributed by atoms with E-state index in [0.29, 0.717) is 12.3 Å². The van der Waals surface area contributed by atoms with E-state index in [9.17, 15) is 4.79 Å². The number of allylic oxidation sites excluding steroid dienone is 1. The van der Waals surface area contributed by atoms with Gasteiger partial charge in [0, 0.05) is 18.7 Å². The van der Waals surface area contributed by atoms with E-state index in [2.05, 4.69) is 22.1 Å². The number of nitrogens with zero attached hydrogens (tertiary/aromatic N) is 3. The van der Waals surface area contributed by atoms with Crippen molar-refractivity contribution in [3.63, 3.8) is 0 Å². The van der Waals surface area contributed by atoms with Crippen molar-refractivity contribution in [2.45, 2.75) is 32.0 Å². The van der Waals surface area contributed by atoms with Crippen LogP contribution >= 0.6 is 11.8 Å². The number of aromatic nitrogens is 3. The number of carbonyl (C=O) groups excluding carboxylic acids is 1. The van der Waals surface area contributed by atoms with Gasteiger partial charge < -0.3 is 9.88 Å². The molecule has 2 aromatic rings. The lowest BCUT2D eigenvalue weighted by molar-refractivity contribution is -0.113. The van der Waals surface area contributed by atoms with Crippen LogP contribution in [-0.4, -0.2) is 26.4 Å². The largest absolute Gasteiger partial charge is 0.325 e. The number of aryl methyl sites for hydroxylation is 2. The van der Waals surface area contributed by atoms with Gasteiger partial charge in [-0.1, -0.05) is 43.0 Å². The lowest BCUT2D eigenvalue weighted by atomic mass is 10.2. The van der Waals surface area contributed by atoms with Crippen molar-refractivity contribution >= 4 is 23.4 Å². The molecule has 0 aliphatic heterocycles. The lowest BCUT2D eigenvalue weighted by Gasteiger charge is -2.08. The molecule has 22 heavy (non-hydrogen) atoms. The maximum Gasteiger partial charge on any atom is 0.234 e.